The summed E-state index contributed by atoms with van der Waals surface area (Å²) >= 11 is 0. The third-order valence-electron chi connectivity index (χ3n) is 6.53. The summed E-state index contributed by atoms with van der Waals surface area (Å²) in [6, 6.07) is 7.82. The second-order valence-electron chi connectivity index (χ2n) is 9.73. The van der Waals surface area contributed by atoms with Crippen LogP contribution in [0.5, 0.6) is 0 Å². The Balaban J connectivity index is 1.97. The first-order chi connectivity index (χ1) is 14.7. The molecule has 2 heterocycles. The van der Waals surface area contributed by atoms with Crippen LogP contribution in [0.4, 0.5) is 13.2 Å². The molecule has 174 valence electrons. The predicted molar refractivity (Wildman–Crippen MR) is 117 cm³/mol. The minimum absolute atomic E-state index is 0.0338. The molecule has 0 aliphatic carbocycles. The number of carboxylic acid groups (broad SMARTS) is 1. The van der Waals surface area contributed by atoms with Crippen LogP contribution in [0.15, 0.2) is 36.5 Å². The van der Waals surface area contributed by atoms with E-state index < -0.39 is 31.6 Å². The minimum Gasteiger partial charge on any atom is -0.480 e. The summed E-state index contributed by atoms with van der Waals surface area (Å²) in [4.78, 5) is 15.3. The van der Waals surface area contributed by atoms with Gasteiger partial charge in [-0.2, -0.15) is 13.2 Å². The van der Waals surface area contributed by atoms with Crippen molar-refractivity contribution in [3.8, 4) is 11.1 Å². The lowest BCUT2D eigenvalue weighted by Crippen LogP contribution is -2.53. The molecule has 0 bridgehead atoms. The zero-order valence-corrected chi connectivity index (χ0v) is 19.8. The second-order valence-corrected chi connectivity index (χ2v) is 14.5. The maximum atomic E-state index is 13.3. The van der Waals surface area contributed by atoms with E-state index in [0.29, 0.717) is 22.3 Å². The van der Waals surface area contributed by atoms with Gasteiger partial charge in [-0.1, -0.05) is 45.0 Å². The first kappa shape index (κ1) is 24.4. The van der Waals surface area contributed by atoms with Crippen molar-refractivity contribution in [3.63, 3.8) is 0 Å². The van der Waals surface area contributed by atoms with Crippen molar-refractivity contribution < 1.29 is 32.2 Å². The van der Waals surface area contributed by atoms with E-state index in [-0.39, 0.29) is 24.9 Å². The van der Waals surface area contributed by atoms with Gasteiger partial charge in [-0.25, -0.2) is 0 Å². The molecule has 3 rings (SSSR count). The molecule has 0 atom stereocenters. The van der Waals surface area contributed by atoms with Crippen molar-refractivity contribution >= 4 is 14.3 Å². The summed E-state index contributed by atoms with van der Waals surface area (Å²) in [6.07, 6.45) is -3.35. The van der Waals surface area contributed by atoms with Crippen LogP contribution in [0.3, 0.4) is 0 Å². The molecule has 9 heteroatoms. The third kappa shape index (κ3) is 4.60. The zero-order valence-electron chi connectivity index (χ0n) is 18.8. The molecule has 1 aliphatic rings. The number of nitrogens with zero attached hydrogens (tertiary/aromatic N) is 1. The van der Waals surface area contributed by atoms with Gasteiger partial charge in [-0.05, 0) is 40.9 Å². The van der Waals surface area contributed by atoms with Crippen LogP contribution in [-0.4, -0.2) is 37.6 Å². The van der Waals surface area contributed by atoms with E-state index in [9.17, 15) is 23.1 Å². The molecule has 0 spiro atoms. The molecule has 1 aromatic heterocycles. The van der Waals surface area contributed by atoms with Gasteiger partial charge in [0, 0.05) is 11.8 Å². The number of halogens is 3. The topological polar surface area (TPSA) is 68.7 Å². The van der Waals surface area contributed by atoms with E-state index >= 15 is 0 Å². The standard InChI is InChI=1S/C23H28F3NO4Si/c1-21(2,3)32(4,5)31-12-16-10-19(23(24,25)26)27-11-18(16)15-6-8-17(9-7-15)22(20(28)29)13-30-14-22/h6-11H,12-14H2,1-5H3,(H,28,29). The maximum Gasteiger partial charge on any atom is 0.433 e. The molecule has 1 fully saturated rings. The van der Waals surface area contributed by atoms with Gasteiger partial charge in [0.2, 0.25) is 0 Å². The number of hydrogen-bond donors (Lipinski definition) is 1. The number of ether oxygens (including phenoxy) is 1. The van der Waals surface area contributed by atoms with Crippen LogP contribution >= 0.6 is 0 Å². The normalized spacial score (nSPS) is 16.5. The van der Waals surface area contributed by atoms with E-state index in [0.717, 1.165) is 6.07 Å². The largest absolute Gasteiger partial charge is 0.480 e. The number of aromatic nitrogens is 1. The number of carboxylic acids is 1. The molecule has 0 radical (unpaired) electrons. The van der Waals surface area contributed by atoms with Gasteiger partial charge < -0.3 is 14.3 Å². The molecule has 1 aliphatic heterocycles. The highest BCUT2D eigenvalue weighted by Crippen LogP contribution is 2.39. The Hall–Kier alpha value is -2.23. The molecule has 0 unspecified atom stereocenters. The summed E-state index contributed by atoms with van der Waals surface area (Å²) in [5, 5.41) is 9.48. The van der Waals surface area contributed by atoms with Gasteiger partial charge in [0.25, 0.3) is 0 Å². The average Bonchev–Trinajstić information content (AvgIpc) is 2.64. The molecular weight excluding hydrogens is 439 g/mol. The van der Waals surface area contributed by atoms with E-state index in [1.165, 1.54) is 6.20 Å². The van der Waals surface area contributed by atoms with E-state index in [1.54, 1.807) is 24.3 Å². The third-order valence-corrected chi connectivity index (χ3v) is 11.0. The second kappa shape index (κ2) is 8.28. The van der Waals surface area contributed by atoms with Crippen LogP contribution in [0.2, 0.25) is 18.1 Å². The van der Waals surface area contributed by atoms with E-state index in [2.05, 4.69) is 25.8 Å². The Labute approximate surface area is 186 Å². The molecule has 1 saturated heterocycles. The smallest absolute Gasteiger partial charge is 0.433 e. The van der Waals surface area contributed by atoms with Crippen LogP contribution in [0.25, 0.3) is 11.1 Å². The number of pyridine rings is 1. The SMILES string of the molecule is CC(C)(C)[Si](C)(C)OCc1cc(C(F)(F)F)ncc1-c1ccc(C2(C(=O)O)COC2)cc1. The Bertz CT molecular complexity index is 994. The fourth-order valence-corrected chi connectivity index (χ4v) is 4.14. The van der Waals surface area contributed by atoms with Crippen LogP contribution in [-0.2, 0) is 32.2 Å². The molecule has 0 amide bonds. The van der Waals surface area contributed by atoms with Gasteiger partial charge in [-0.15, -0.1) is 0 Å². The van der Waals surface area contributed by atoms with Gasteiger partial charge >= 0.3 is 12.1 Å². The first-order valence-corrected chi connectivity index (χ1v) is 13.2. The maximum absolute atomic E-state index is 13.3. The molecule has 32 heavy (non-hydrogen) atoms. The first-order valence-electron chi connectivity index (χ1n) is 10.3. The highest BCUT2D eigenvalue weighted by atomic mass is 28.4. The molecule has 5 nitrogen and oxygen atoms in total. The quantitative estimate of drug-likeness (QED) is 0.557. The summed E-state index contributed by atoms with van der Waals surface area (Å²) in [5.74, 6) is -0.962. The van der Waals surface area contributed by atoms with Gasteiger partial charge in [-0.3, -0.25) is 9.78 Å². The zero-order chi connectivity index (χ0) is 23.9. The molecular formula is C23H28F3NO4Si. The van der Waals surface area contributed by atoms with Crippen molar-refractivity contribution in [2.24, 2.45) is 0 Å². The number of hydrogen-bond acceptors (Lipinski definition) is 4. The number of aliphatic carboxylic acids is 1. The van der Waals surface area contributed by atoms with Crippen molar-refractivity contribution in [2.45, 2.75) is 57.1 Å². The molecule has 2 aromatic rings. The summed E-state index contributed by atoms with van der Waals surface area (Å²) in [6.45, 7) is 10.5. The Morgan fingerprint density at radius 3 is 2.22 bits per heavy atom. The summed E-state index contributed by atoms with van der Waals surface area (Å²) < 4.78 is 51.2. The lowest BCUT2D eigenvalue weighted by molar-refractivity contribution is -0.163. The number of rotatable bonds is 6. The fourth-order valence-electron chi connectivity index (χ4n) is 3.19. The van der Waals surface area contributed by atoms with Crippen molar-refractivity contribution in [1.82, 2.24) is 4.98 Å². The predicted octanol–water partition coefficient (Wildman–Crippen LogP) is 5.64. The Morgan fingerprint density at radius 2 is 1.78 bits per heavy atom. The van der Waals surface area contributed by atoms with Gasteiger partial charge in [0.1, 0.15) is 11.1 Å². The molecule has 1 aromatic carbocycles. The number of benzene rings is 1. The van der Waals surface area contributed by atoms with E-state index in [4.69, 9.17) is 9.16 Å². The van der Waals surface area contributed by atoms with Crippen molar-refractivity contribution in [1.29, 1.82) is 0 Å². The van der Waals surface area contributed by atoms with Crippen LogP contribution < -0.4 is 0 Å². The Morgan fingerprint density at radius 1 is 1.19 bits per heavy atom. The lowest BCUT2D eigenvalue weighted by Gasteiger charge is -2.37. The van der Waals surface area contributed by atoms with Gasteiger partial charge in [0.15, 0.2) is 8.32 Å². The van der Waals surface area contributed by atoms with Crippen molar-refractivity contribution in [3.05, 3.63) is 53.3 Å². The summed E-state index contributed by atoms with van der Waals surface area (Å²) in [5.41, 5.74) is 0.111. The Kier molecular flexibility index (Phi) is 6.31. The molecule has 1 N–H and O–H groups in total. The fraction of sp³-hybridized carbons (Fsp3) is 0.478. The lowest BCUT2D eigenvalue weighted by atomic mass is 9.78. The van der Waals surface area contributed by atoms with Gasteiger partial charge in [0.05, 0.1) is 19.8 Å². The average molecular weight is 468 g/mol. The van der Waals surface area contributed by atoms with Crippen molar-refractivity contribution in [2.75, 3.05) is 13.2 Å². The monoisotopic (exact) mass is 467 g/mol. The van der Waals surface area contributed by atoms with E-state index in [1.807, 2.05) is 13.1 Å². The van der Waals surface area contributed by atoms with Crippen LogP contribution in [0.1, 0.15) is 37.6 Å². The van der Waals surface area contributed by atoms with Crippen LogP contribution in [0, 0.1) is 0 Å². The summed E-state index contributed by atoms with van der Waals surface area (Å²) in [7, 11) is -2.20. The minimum atomic E-state index is -4.56. The number of carbonyl (C=O) groups is 1. The highest BCUT2D eigenvalue weighted by molar-refractivity contribution is 6.74. The number of alkyl halides is 3. The molecule has 0 saturated carbocycles. The highest BCUT2D eigenvalue weighted by Gasteiger charge is 2.47.